The third kappa shape index (κ3) is 1.72. The molecule has 0 saturated carbocycles. The summed E-state index contributed by atoms with van der Waals surface area (Å²) < 4.78 is 7.14. The lowest BCUT2D eigenvalue weighted by Gasteiger charge is -2.06. The molecule has 0 N–H and O–H groups in total. The molecule has 0 aliphatic rings. The van der Waals surface area contributed by atoms with E-state index in [1.807, 2.05) is 48.0 Å². The molecule has 0 spiro atoms. The van der Waals surface area contributed by atoms with Crippen LogP contribution in [-0.2, 0) is 0 Å². The third-order valence-corrected chi connectivity index (χ3v) is 2.84. The Morgan fingerprint density at radius 2 is 1.94 bits per heavy atom. The summed E-state index contributed by atoms with van der Waals surface area (Å²) in [5, 5.41) is 1.17. The smallest absolute Gasteiger partial charge is 0.237 e. The number of hydrogen-bond acceptors (Lipinski definition) is 3. The summed E-state index contributed by atoms with van der Waals surface area (Å²) in [6.07, 6.45) is 1.97. The average molecular weight is 239 g/mol. The fourth-order valence-electron chi connectivity index (χ4n) is 1.99. The Morgan fingerprint density at radius 3 is 2.78 bits per heavy atom. The minimum absolute atomic E-state index is 0.579. The first-order valence-electron chi connectivity index (χ1n) is 5.74. The minimum Gasteiger partial charge on any atom is -0.481 e. The largest absolute Gasteiger partial charge is 0.481 e. The van der Waals surface area contributed by atoms with E-state index in [1.165, 1.54) is 5.39 Å². The van der Waals surface area contributed by atoms with E-state index in [0.717, 1.165) is 11.2 Å². The number of fused-ring (bicyclic) bond motifs is 1. The number of nitrogens with zero attached hydrogens (tertiary/aromatic N) is 3. The molecular weight excluding hydrogens is 226 g/mol. The number of para-hydroxylation sites is 1. The van der Waals surface area contributed by atoms with Crippen LogP contribution in [0.15, 0.2) is 42.6 Å². The van der Waals surface area contributed by atoms with Gasteiger partial charge in [0.25, 0.3) is 0 Å². The first-order valence-corrected chi connectivity index (χ1v) is 5.74. The van der Waals surface area contributed by atoms with E-state index in [-0.39, 0.29) is 0 Å². The van der Waals surface area contributed by atoms with E-state index in [4.69, 9.17) is 4.74 Å². The van der Waals surface area contributed by atoms with Gasteiger partial charge in [-0.1, -0.05) is 18.2 Å². The lowest BCUT2D eigenvalue weighted by Crippen LogP contribution is -2.02. The highest BCUT2D eigenvalue weighted by Crippen LogP contribution is 2.19. The first-order chi connectivity index (χ1) is 8.78. The van der Waals surface area contributed by atoms with Crippen LogP contribution >= 0.6 is 0 Å². The molecule has 0 fully saturated rings. The summed E-state index contributed by atoms with van der Waals surface area (Å²) in [5.74, 6) is 1.21. The normalized spacial score (nSPS) is 10.8. The predicted molar refractivity (Wildman–Crippen MR) is 70.2 cm³/mol. The Labute approximate surface area is 105 Å². The molecule has 0 saturated heterocycles. The number of methoxy groups -OCH3 is 1. The Bertz CT molecular complexity index is 703. The fraction of sp³-hybridized carbons (Fsp3) is 0.143. The van der Waals surface area contributed by atoms with Crippen LogP contribution in [0.25, 0.3) is 16.9 Å². The van der Waals surface area contributed by atoms with Crippen LogP contribution in [0.4, 0.5) is 0 Å². The van der Waals surface area contributed by atoms with Crippen LogP contribution in [0.5, 0.6) is 5.88 Å². The van der Waals surface area contributed by atoms with Crippen molar-refractivity contribution in [3.05, 3.63) is 48.3 Å². The van der Waals surface area contributed by atoms with E-state index >= 15 is 0 Å². The quantitative estimate of drug-likeness (QED) is 0.690. The molecule has 2 heterocycles. The van der Waals surface area contributed by atoms with Gasteiger partial charge in [-0.3, -0.25) is 4.57 Å². The van der Waals surface area contributed by atoms with Crippen molar-refractivity contribution >= 4 is 10.9 Å². The highest BCUT2D eigenvalue weighted by molar-refractivity contribution is 5.81. The van der Waals surface area contributed by atoms with Crippen molar-refractivity contribution in [2.75, 3.05) is 7.11 Å². The molecule has 0 bridgehead atoms. The van der Waals surface area contributed by atoms with Crippen LogP contribution in [0.1, 0.15) is 5.69 Å². The highest BCUT2D eigenvalue weighted by atomic mass is 16.5. The second-order valence-corrected chi connectivity index (χ2v) is 4.10. The Hall–Kier alpha value is -2.36. The Morgan fingerprint density at radius 1 is 1.11 bits per heavy atom. The van der Waals surface area contributed by atoms with Crippen molar-refractivity contribution in [3.63, 3.8) is 0 Å². The van der Waals surface area contributed by atoms with Gasteiger partial charge in [0.2, 0.25) is 11.8 Å². The van der Waals surface area contributed by atoms with Crippen molar-refractivity contribution in [1.82, 2.24) is 14.5 Å². The molecule has 3 rings (SSSR count). The number of benzene rings is 1. The van der Waals surface area contributed by atoms with Crippen LogP contribution < -0.4 is 4.74 Å². The van der Waals surface area contributed by atoms with E-state index in [1.54, 1.807) is 7.11 Å². The predicted octanol–water partition coefficient (Wildman–Crippen LogP) is 2.74. The first kappa shape index (κ1) is 10.8. The van der Waals surface area contributed by atoms with Gasteiger partial charge in [0, 0.05) is 23.3 Å². The molecule has 0 aliphatic heterocycles. The van der Waals surface area contributed by atoms with Gasteiger partial charge in [0.15, 0.2) is 0 Å². The second-order valence-electron chi connectivity index (χ2n) is 4.10. The summed E-state index contributed by atoms with van der Waals surface area (Å²) in [7, 11) is 1.61. The molecular formula is C14H13N3O. The summed E-state index contributed by atoms with van der Waals surface area (Å²) in [4.78, 5) is 8.82. The molecule has 0 aliphatic carbocycles. The molecule has 2 aromatic heterocycles. The molecule has 4 heteroatoms. The zero-order chi connectivity index (χ0) is 12.5. The molecule has 18 heavy (non-hydrogen) atoms. The van der Waals surface area contributed by atoms with Gasteiger partial charge in [-0.25, -0.2) is 4.98 Å². The fourth-order valence-corrected chi connectivity index (χ4v) is 1.99. The van der Waals surface area contributed by atoms with Gasteiger partial charge in [0.05, 0.1) is 12.6 Å². The number of ether oxygens (including phenoxy) is 1. The van der Waals surface area contributed by atoms with Gasteiger partial charge in [0.1, 0.15) is 0 Å². The van der Waals surface area contributed by atoms with E-state index in [0.29, 0.717) is 11.8 Å². The van der Waals surface area contributed by atoms with Gasteiger partial charge in [-0.15, -0.1) is 0 Å². The summed E-state index contributed by atoms with van der Waals surface area (Å²) in [6, 6.07) is 12.0. The molecule has 0 radical (unpaired) electrons. The van der Waals surface area contributed by atoms with Crippen molar-refractivity contribution in [1.29, 1.82) is 0 Å². The maximum absolute atomic E-state index is 5.18. The monoisotopic (exact) mass is 239 g/mol. The van der Waals surface area contributed by atoms with Gasteiger partial charge < -0.3 is 4.74 Å². The molecule has 0 atom stereocenters. The van der Waals surface area contributed by atoms with Crippen LogP contribution in [0, 0.1) is 6.92 Å². The zero-order valence-corrected chi connectivity index (χ0v) is 10.3. The number of hydrogen-bond donors (Lipinski definition) is 0. The van der Waals surface area contributed by atoms with Gasteiger partial charge >= 0.3 is 0 Å². The van der Waals surface area contributed by atoms with Crippen molar-refractivity contribution in [2.45, 2.75) is 6.92 Å². The lowest BCUT2D eigenvalue weighted by atomic mass is 10.2. The molecule has 90 valence electrons. The lowest BCUT2D eigenvalue weighted by molar-refractivity contribution is 0.395. The van der Waals surface area contributed by atoms with Crippen molar-refractivity contribution < 1.29 is 4.74 Å². The Kier molecular flexibility index (Phi) is 2.48. The maximum Gasteiger partial charge on any atom is 0.237 e. The summed E-state index contributed by atoms with van der Waals surface area (Å²) in [6.45, 7) is 1.93. The SMILES string of the molecule is COc1cc(C)nc(-n2ccc3ccccc32)n1. The number of aryl methyl sites for hydroxylation is 1. The minimum atomic E-state index is 0.579. The van der Waals surface area contributed by atoms with Crippen LogP contribution in [0.2, 0.25) is 0 Å². The molecule has 0 amide bonds. The van der Waals surface area contributed by atoms with Gasteiger partial charge in [-0.2, -0.15) is 4.98 Å². The van der Waals surface area contributed by atoms with Crippen LogP contribution in [-0.4, -0.2) is 21.6 Å². The standard InChI is InChI=1S/C14H13N3O/c1-10-9-13(18-2)16-14(15-10)17-8-7-11-5-3-4-6-12(11)17/h3-9H,1-2H3. The van der Waals surface area contributed by atoms with Crippen molar-refractivity contribution in [2.24, 2.45) is 0 Å². The second kappa shape index (κ2) is 4.14. The zero-order valence-electron chi connectivity index (χ0n) is 10.3. The van der Waals surface area contributed by atoms with Crippen molar-refractivity contribution in [3.8, 4) is 11.8 Å². The molecule has 4 nitrogen and oxygen atoms in total. The maximum atomic E-state index is 5.18. The van der Waals surface area contributed by atoms with E-state index in [9.17, 15) is 0 Å². The van der Waals surface area contributed by atoms with E-state index < -0.39 is 0 Å². The summed E-state index contributed by atoms with van der Waals surface area (Å²) in [5.41, 5.74) is 1.97. The van der Waals surface area contributed by atoms with Gasteiger partial charge in [-0.05, 0) is 19.1 Å². The Balaban J connectivity index is 2.22. The average Bonchev–Trinajstić information content (AvgIpc) is 2.81. The van der Waals surface area contributed by atoms with Crippen LogP contribution in [0.3, 0.4) is 0 Å². The number of rotatable bonds is 2. The van der Waals surface area contributed by atoms with E-state index in [2.05, 4.69) is 16.0 Å². The summed E-state index contributed by atoms with van der Waals surface area (Å²) >= 11 is 0. The molecule has 0 unspecified atom stereocenters. The number of aromatic nitrogens is 3. The topological polar surface area (TPSA) is 39.9 Å². The highest BCUT2D eigenvalue weighted by Gasteiger charge is 2.07. The molecule has 3 aromatic rings. The molecule has 1 aromatic carbocycles. The third-order valence-electron chi connectivity index (χ3n) is 2.84.